The minimum Gasteiger partial charge on any atom is -0.456 e. The van der Waals surface area contributed by atoms with E-state index in [0.717, 1.165) is 30.2 Å². The number of para-hydroxylation sites is 3. The highest BCUT2D eigenvalue weighted by Crippen LogP contribution is 2.58. The van der Waals surface area contributed by atoms with E-state index in [2.05, 4.69) is 152 Å². The van der Waals surface area contributed by atoms with Crippen LogP contribution < -0.4 is 13.9 Å². The van der Waals surface area contributed by atoms with E-state index < -0.39 is 5.66 Å². The quantitative estimate of drug-likeness (QED) is 0.117. The zero-order chi connectivity index (χ0) is 33.2. The van der Waals surface area contributed by atoms with Crippen molar-refractivity contribution < 1.29 is 13.9 Å². The average Bonchev–Trinajstić information content (AvgIpc) is 3.84. The highest BCUT2D eigenvalue weighted by atomic mass is 16.5. The molecule has 7 heterocycles. The molecule has 0 N–H and O–H groups in total. The summed E-state index contributed by atoms with van der Waals surface area (Å²) in [4.78, 5) is 0. The minimum atomic E-state index is -0.729. The van der Waals surface area contributed by atoms with Gasteiger partial charge in [0.1, 0.15) is 33.7 Å². The third kappa shape index (κ3) is 2.35. The molecule has 1 unspecified atom stereocenters. The van der Waals surface area contributed by atoms with Gasteiger partial charge in [0.15, 0.2) is 16.6 Å². The Morgan fingerprint density at radius 3 is 2.40 bits per heavy atom. The van der Waals surface area contributed by atoms with Crippen molar-refractivity contribution >= 4 is 82.6 Å². The molecule has 0 saturated heterocycles. The van der Waals surface area contributed by atoms with Gasteiger partial charge in [-0.1, -0.05) is 66.8 Å². The molecule has 5 aliphatic rings. The van der Waals surface area contributed by atoms with Crippen molar-refractivity contribution in [2.75, 3.05) is 0 Å². The normalized spacial score (nSPS) is 18.1. The van der Waals surface area contributed by atoms with Crippen LogP contribution in [0.5, 0.6) is 11.5 Å². The molecule has 238 valence electrons. The fourth-order valence-corrected chi connectivity index (χ4v) is 11.4. The predicted octanol–water partition coefficient (Wildman–Crippen LogP) is 9.61. The Bertz CT molecular complexity index is 3560. The molecule has 5 nitrogen and oxygen atoms in total. The fourth-order valence-electron chi connectivity index (χ4n) is 11.4. The third-order valence-corrected chi connectivity index (χ3v) is 13.1. The van der Waals surface area contributed by atoms with E-state index in [1.54, 1.807) is 0 Å². The van der Waals surface area contributed by atoms with Crippen LogP contribution in [0.4, 0.5) is 0 Å². The monoisotopic (exact) mass is 662 g/mol. The molecule has 5 heteroatoms. The average molecular weight is 663 g/mol. The van der Waals surface area contributed by atoms with Crippen molar-refractivity contribution in [3.05, 3.63) is 155 Å². The lowest BCUT2D eigenvalue weighted by Crippen LogP contribution is -2.75. The molecule has 52 heavy (non-hydrogen) atoms. The molecule has 3 aliphatic heterocycles. The van der Waals surface area contributed by atoms with E-state index in [0.29, 0.717) is 0 Å². The molecule has 0 radical (unpaired) electrons. The summed E-state index contributed by atoms with van der Waals surface area (Å²) < 4.78 is 17.4. The zero-order valence-corrected chi connectivity index (χ0v) is 27.8. The fraction of sp³-hybridized carbons (Fsp3) is 0.0638. The van der Waals surface area contributed by atoms with Crippen molar-refractivity contribution in [1.82, 2.24) is 8.97 Å². The van der Waals surface area contributed by atoms with Gasteiger partial charge in [0.05, 0.1) is 11.6 Å². The van der Waals surface area contributed by atoms with Gasteiger partial charge in [-0.05, 0) is 94.9 Å². The van der Waals surface area contributed by atoms with Crippen molar-refractivity contribution in [3.63, 3.8) is 0 Å². The van der Waals surface area contributed by atoms with Crippen LogP contribution in [-0.2, 0) is 12.1 Å². The van der Waals surface area contributed by atoms with Crippen LogP contribution in [0.1, 0.15) is 34.2 Å². The van der Waals surface area contributed by atoms with Gasteiger partial charge >= 0.3 is 11.3 Å². The summed E-state index contributed by atoms with van der Waals surface area (Å²) in [5.41, 5.74) is 14.7. The standard InChI is InChI=1S/C47H26N4O/c1-2-14-32-27(11-1)28-20-22-36-43-45(28)49(32)37-17-5-6-24-48(37)47(43)42-35(52-36)23-21-30-40-29-12-7-9-25-18-19-26-10-8-13-31(39(26)38(25)29)44(40)50-33-15-3-4-16-34(33)51(47)46(50)41(30)42/h1-9,11-17,19-24H,10,18H2/q+2. The smallest absolute Gasteiger partial charge is 0.319 e. The zero-order valence-electron chi connectivity index (χ0n) is 27.8. The van der Waals surface area contributed by atoms with Crippen LogP contribution in [0, 0.1) is 0 Å². The molecule has 0 fully saturated rings. The molecular formula is C47H26N4O+2. The van der Waals surface area contributed by atoms with Gasteiger partial charge in [-0.3, -0.25) is 0 Å². The molecule has 1 spiro atoms. The van der Waals surface area contributed by atoms with E-state index in [1.165, 1.54) is 104 Å². The second-order valence-electron chi connectivity index (χ2n) is 15.1. The highest BCUT2D eigenvalue weighted by molar-refractivity contribution is 6.28. The largest absolute Gasteiger partial charge is 0.456 e. The molecule has 0 amide bonds. The summed E-state index contributed by atoms with van der Waals surface area (Å²) in [6.07, 6.45) is 11.5. The van der Waals surface area contributed by atoms with Crippen LogP contribution >= 0.6 is 0 Å². The van der Waals surface area contributed by atoms with Gasteiger partial charge < -0.3 is 4.74 Å². The maximum Gasteiger partial charge on any atom is 0.319 e. The Morgan fingerprint density at radius 2 is 1.44 bits per heavy atom. The van der Waals surface area contributed by atoms with E-state index in [1.807, 2.05) is 0 Å². The van der Waals surface area contributed by atoms with Crippen LogP contribution in [0.3, 0.4) is 0 Å². The van der Waals surface area contributed by atoms with Crippen LogP contribution in [0.25, 0.3) is 88.4 Å². The molecule has 1 atom stereocenters. The van der Waals surface area contributed by atoms with Gasteiger partial charge in [-0.2, -0.15) is 18.1 Å². The van der Waals surface area contributed by atoms with Crippen molar-refractivity contribution in [2.24, 2.45) is 0 Å². The van der Waals surface area contributed by atoms with Gasteiger partial charge in [0.25, 0.3) is 5.82 Å². The number of rotatable bonds is 0. The van der Waals surface area contributed by atoms with E-state index in [9.17, 15) is 0 Å². The summed E-state index contributed by atoms with van der Waals surface area (Å²) in [5, 5.41) is 9.16. The first-order chi connectivity index (χ1) is 25.8. The van der Waals surface area contributed by atoms with Crippen molar-refractivity contribution in [2.45, 2.75) is 18.5 Å². The maximum absolute atomic E-state index is 7.11. The number of imidazole rings is 1. The summed E-state index contributed by atoms with van der Waals surface area (Å²) in [7, 11) is 0. The van der Waals surface area contributed by atoms with Crippen LogP contribution in [-0.4, -0.2) is 8.97 Å². The minimum absolute atomic E-state index is 0.729. The summed E-state index contributed by atoms with van der Waals surface area (Å²) >= 11 is 0. The summed E-state index contributed by atoms with van der Waals surface area (Å²) in [6.45, 7) is 0. The molecule has 15 rings (SSSR count). The van der Waals surface area contributed by atoms with Crippen LogP contribution in [0.2, 0.25) is 0 Å². The number of benzene rings is 6. The number of hydrogen-bond acceptors (Lipinski definition) is 1. The second-order valence-corrected chi connectivity index (χ2v) is 15.1. The first-order valence-corrected chi connectivity index (χ1v) is 18.3. The Labute approximate surface area is 295 Å². The van der Waals surface area contributed by atoms with Crippen molar-refractivity contribution in [1.29, 1.82) is 0 Å². The van der Waals surface area contributed by atoms with Gasteiger partial charge in [-0.25, -0.2) is 0 Å². The van der Waals surface area contributed by atoms with Gasteiger partial charge in [0.2, 0.25) is 0 Å². The second kappa shape index (κ2) is 7.93. The SMILES string of the molecule is C1=Cc2c3c4c(cccc4c4c5ccc6c7c5c5n(c8ccccc8[n+]5C75c7c(ccc8c9ccccc9n(c78)-c7cccc[n+]75)O6)c24)CC=C3C1. The van der Waals surface area contributed by atoms with Gasteiger partial charge in [0, 0.05) is 33.2 Å². The first-order valence-electron chi connectivity index (χ1n) is 18.3. The lowest BCUT2D eigenvalue weighted by atomic mass is 9.78. The molecule has 6 aromatic carbocycles. The number of pyridine rings is 2. The number of allylic oxidation sites excluding steroid dienone is 3. The Morgan fingerprint density at radius 1 is 0.635 bits per heavy atom. The lowest BCUT2D eigenvalue weighted by molar-refractivity contribution is -0.946. The van der Waals surface area contributed by atoms with Crippen LogP contribution in [0.15, 0.2) is 128 Å². The third-order valence-electron chi connectivity index (χ3n) is 13.1. The van der Waals surface area contributed by atoms with E-state index in [-0.39, 0.29) is 0 Å². The number of ether oxygens (including phenoxy) is 1. The number of hydrogen-bond donors (Lipinski definition) is 0. The Kier molecular flexibility index (Phi) is 3.85. The summed E-state index contributed by atoms with van der Waals surface area (Å²) in [5.74, 6) is 2.98. The maximum atomic E-state index is 7.11. The van der Waals surface area contributed by atoms with Crippen molar-refractivity contribution in [3.8, 4) is 17.3 Å². The molecule has 0 saturated carbocycles. The van der Waals surface area contributed by atoms with E-state index >= 15 is 0 Å². The van der Waals surface area contributed by atoms with E-state index in [4.69, 9.17) is 4.74 Å². The number of aromatic nitrogens is 4. The van der Waals surface area contributed by atoms with Gasteiger partial charge in [-0.15, -0.1) is 0 Å². The number of fused-ring (bicyclic) bond motifs is 13. The first kappa shape index (κ1) is 25.3. The highest BCUT2D eigenvalue weighted by Gasteiger charge is 2.65. The molecule has 0 bridgehead atoms. The molecule has 10 aromatic rings. The summed E-state index contributed by atoms with van der Waals surface area (Å²) in [6, 6.07) is 40.7. The predicted molar refractivity (Wildman–Crippen MR) is 206 cm³/mol. The lowest BCUT2D eigenvalue weighted by Gasteiger charge is -2.36. The molecule has 2 aliphatic carbocycles. The number of nitrogens with zero attached hydrogens (tertiary/aromatic N) is 4. The Hall–Kier alpha value is -6.72. The topological polar surface area (TPSA) is 26.3 Å². The molecule has 4 aromatic heterocycles. The molecular weight excluding hydrogens is 637 g/mol. The Balaban J connectivity index is 1.30.